The summed E-state index contributed by atoms with van der Waals surface area (Å²) in [5.74, 6) is -2.25. The van der Waals surface area contributed by atoms with Crippen LogP contribution in [0.15, 0.2) is 91.0 Å². The lowest BCUT2D eigenvalue weighted by molar-refractivity contribution is -0.500. The van der Waals surface area contributed by atoms with Crippen LogP contribution >= 0.6 is 0 Å². The third-order valence-corrected chi connectivity index (χ3v) is 11.0. The van der Waals surface area contributed by atoms with Gasteiger partial charge in [-0.25, -0.2) is 0 Å². The standard InChI is InChI=1S/C42H54O11/c1-28-33(46-25-30-17-9-6-10-18-30)35(47-26-31-19-11-7-12-20-31)37(48-27-32-21-13-8-14-22-32)40(50-28)51-38-36-34(29(2)49-39(38)43-3)52-41(44-4)23-15-16-24-42(41,45-5)53-36/h6-14,17-22,28-29,33-40H,15-16,23-27H2,1-5H3/t28-,29-,33-,34-,35+,36+,37+,38+,39+,40-,41+,42+/m0/s1. The summed E-state index contributed by atoms with van der Waals surface area (Å²) < 4.78 is 72.5. The van der Waals surface area contributed by atoms with E-state index >= 15 is 0 Å². The van der Waals surface area contributed by atoms with Crippen molar-refractivity contribution in [3.05, 3.63) is 108 Å². The lowest BCUT2D eigenvalue weighted by Gasteiger charge is -2.60. The van der Waals surface area contributed by atoms with Crippen LogP contribution in [0.2, 0.25) is 0 Å². The molecule has 0 N–H and O–H groups in total. The summed E-state index contributed by atoms with van der Waals surface area (Å²) in [5.41, 5.74) is 3.06. The number of hydrogen-bond donors (Lipinski definition) is 0. The van der Waals surface area contributed by atoms with Crippen LogP contribution in [0.3, 0.4) is 0 Å². The highest BCUT2D eigenvalue weighted by atomic mass is 16.8. The molecule has 3 aromatic rings. The van der Waals surface area contributed by atoms with Gasteiger partial charge in [-0.3, -0.25) is 0 Å². The summed E-state index contributed by atoms with van der Waals surface area (Å²) in [6.07, 6.45) is -3.41. The molecule has 11 nitrogen and oxygen atoms in total. The second-order valence-electron chi connectivity index (χ2n) is 14.3. The predicted molar refractivity (Wildman–Crippen MR) is 193 cm³/mol. The van der Waals surface area contributed by atoms with Crippen molar-refractivity contribution in [3.63, 3.8) is 0 Å². The number of methoxy groups -OCH3 is 3. The topological polar surface area (TPSA) is 102 Å². The Morgan fingerprint density at radius 3 is 1.47 bits per heavy atom. The lowest BCUT2D eigenvalue weighted by Crippen LogP contribution is -2.75. The van der Waals surface area contributed by atoms with Gasteiger partial charge in [0.2, 0.25) is 11.6 Å². The van der Waals surface area contributed by atoms with E-state index in [2.05, 4.69) is 0 Å². The van der Waals surface area contributed by atoms with E-state index < -0.39 is 73.0 Å². The maximum atomic E-state index is 7.02. The number of benzene rings is 3. The molecule has 4 aliphatic rings. The molecule has 288 valence electrons. The molecule has 0 bridgehead atoms. The Morgan fingerprint density at radius 1 is 0.528 bits per heavy atom. The van der Waals surface area contributed by atoms with Crippen molar-refractivity contribution in [1.29, 1.82) is 0 Å². The van der Waals surface area contributed by atoms with Crippen LogP contribution in [0, 0.1) is 0 Å². The predicted octanol–water partition coefficient (Wildman–Crippen LogP) is 6.31. The average molecular weight is 735 g/mol. The highest BCUT2D eigenvalue weighted by Crippen LogP contribution is 2.51. The Hall–Kier alpha value is -2.78. The van der Waals surface area contributed by atoms with Gasteiger partial charge >= 0.3 is 0 Å². The third-order valence-electron chi connectivity index (χ3n) is 11.0. The van der Waals surface area contributed by atoms with Gasteiger partial charge in [-0.2, -0.15) is 0 Å². The summed E-state index contributed by atoms with van der Waals surface area (Å²) in [6.45, 7) is 4.92. The molecule has 3 saturated heterocycles. The number of hydrogen-bond acceptors (Lipinski definition) is 11. The van der Waals surface area contributed by atoms with Gasteiger partial charge in [-0.05, 0) is 43.4 Å². The van der Waals surface area contributed by atoms with Crippen molar-refractivity contribution >= 4 is 0 Å². The quantitative estimate of drug-likeness (QED) is 0.186. The monoisotopic (exact) mass is 734 g/mol. The molecule has 0 unspecified atom stereocenters. The first-order valence-corrected chi connectivity index (χ1v) is 18.8. The smallest absolute Gasteiger partial charge is 0.223 e. The average Bonchev–Trinajstić information content (AvgIpc) is 3.20. The number of rotatable bonds is 14. The van der Waals surface area contributed by atoms with Crippen LogP contribution < -0.4 is 0 Å². The summed E-state index contributed by atoms with van der Waals surface area (Å²) in [5, 5.41) is 0. The molecule has 1 saturated carbocycles. The van der Waals surface area contributed by atoms with E-state index in [0.717, 1.165) is 29.5 Å². The molecule has 7 rings (SSSR count). The Morgan fingerprint density at radius 2 is 0.981 bits per heavy atom. The van der Waals surface area contributed by atoms with Crippen molar-refractivity contribution in [1.82, 2.24) is 0 Å². The Labute approximate surface area is 313 Å². The highest BCUT2D eigenvalue weighted by molar-refractivity contribution is 5.16. The van der Waals surface area contributed by atoms with E-state index in [0.29, 0.717) is 32.7 Å². The van der Waals surface area contributed by atoms with Gasteiger partial charge in [0.15, 0.2) is 12.6 Å². The molecular formula is C42H54O11. The zero-order valence-corrected chi connectivity index (χ0v) is 31.4. The first-order valence-electron chi connectivity index (χ1n) is 18.8. The van der Waals surface area contributed by atoms with E-state index in [1.54, 1.807) is 21.3 Å². The van der Waals surface area contributed by atoms with Gasteiger partial charge in [0.1, 0.15) is 36.6 Å². The second-order valence-corrected chi connectivity index (χ2v) is 14.3. The molecule has 3 heterocycles. The molecule has 0 spiro atoms. The Bertz CT molecular complexity index is 1550. The van der Waals surface area contributed by atoms with Crippen LogP contribution in [0.25, 0.3) is 0 Å². The van der Waals surface area contributed by atoms with E-state index in [1.165, 1.54) is 0 Å². The van der Waals surface area contributed by atoms with Gasteiger partial charge < -0.3 is 52.1 Å². The Balaban J connectivity index is 1.21. The fourth-order valence-corrected chi connectivity index (χ4v) is 8.18. The number of fused-ring (bicyclic) bond motifs is 2. The first kappa shape index (κ1) is 38.5. The molecule has 3 aromatic carbocycles. The summed E-state index contributed by atoms with van der Waals surface area (Å²) >= 11 is 0. The third kappa shape index (κ3) is 8.13. The minimum atomic E-state index is -1.15. The van der Waals surface area contributed by atoms with Gasteiger partial charge in [0, 0.05) is 34.2 Å². The first-order chi connectivity index (χ1) is 25.9. The maximum Gasteiger partial charge on any atom is 0.223 e. The van der Waals surface area contributed by atoms with Crippen molar-refractivity contribution < 1.29 is 52.1 Å². The van der Waals surface area contributed by atoms with Crippen LogP contribution in [0.4, 0.5) is 0 Å². The van der Waals surface area contributed by atoms with Crippen molar-refractivity contribution in [2.45, 2.75) is 132 Å². The van der Waals surface area contributed by atoms with E-state index in [9.17, 15) is 0 Å². The van der Waals surface area contributed by atoms with Gasteiger partial charge in [0.25, 0.3) is 0 Å². The van der Waals surface area contributed by atoms with Crippen molar-refractivity contribution in [3.8, 4) is 0 Å². The fourth-order valence-electron chi connectivity index (χ4n) is 8.18. The summed E-state index contributed by atoms with van der Waals surface area (Å²) in [4.78, 5) is 0. The van der Waals surface area contributed by atoms with Crippen LogP contribution in [-0.4, -0.2) is 94.3 Å². The zero-order valence-electron chi connectivity index (χ0n) is 31.4. The van der Waals surface area contributed by atoms with Crippen molar-refractivity contribution in [2.75, 3.05) is 21.3 Å². The summed E-state index contributed by atoms with van der Waals surface area (Å²) in [7, 11) is 4.87. The molecule has 0 aromatic heterocycles. The van der Waals surface area contributed by atoms with Gasteiger partial charge in [-0.15, -0.1) is 0 Å². The molecule has 0 amide bonds. The van der Waals surface area contributed by atoms with Crippen LogP contribution in [0.5, 0.6) is 0 Å². The number of ether oxygens (including phenoxy) is 11. The molecule has 11 heteroatoms. The lowest BCUT2D eigenvalue weighted by atomic mass is 9.83. The normalized spacial score (nSPS) is 37.1. The maximum absolute atomic E-state index is 7.02. The Kier molecular flexibility index (Phi) is 12.6. The molecule has 3 aliphatic heterocycles. The van der Waals surface area contributed by atoms with E-state index in [1.807, 2.05) is 105 Å². The second kappa shape index (κ2) is 17.3. The zero-order chi connectivity index (χ0) is 36.8. The molecule has 4 fully saturated rings. The minimum Gasteiger partial charge on any atom is -0.368 e. The fraction of sp³-hybridized carbons (Fsp3) is 0.571. The SMILES string of the molecule is CO[C@@H]1O[C@@H](C)[C@@H]2O[C@]3(OC)CCCC[C@@]3(OC)O[C@H]2[C@H]1O[C@@H]1O[C@@H](C)[C@H](OCc2ccccc2)[C@@H](OCc2ccccc2)[C@H]1OCc1ccccc1. The van der Waals surface area contributed by atoms with Gasteiger partial charge in [-0.1, -0.05) is 91.0 Å². The molecule has 12 atom stereocenters. The molecule has 53 heavy (non-hydrogen) atoms. The molecule has 0 radical (unpaired) electrons. The van der Waals surface area contributed by atoms with Crippen molar-refractivity contribution in [2.24, 2.45) is 0 Å². The molecule has 1 aliphatic carbocycles. The van der Waals surface area contributed by atoms with Crippen LogP contribution in [-0.2, 0) is 71.9 Å². The van der Waals surface area contributed by atoms with Crippen LogP contribution in [0.1, 0.15) is 56.2 Å². The molecular weight excluding hydrogens is 680 g/mol. The van der Waals surface area contributed by atoms with Gasteiger partial charge in [0.05, 0.1) is 32.0 Å². The largest absolute Gasteiger partial charge is 0.368 e. The van der Waals surface area contributed by atoms with E-state index in [4.69, 9.17) is 52.1 Å². The highest BCUT2D eigenvalue weighted by Gasteiger charge is 2.67. The summed E-state index contributed by atoms with van der Waals surface area (Å²) in [6, 6.07) is 30.1. The van der Waals surface area contributed by atoms with E-state index in [-0.39, 0.29) is 0 Å². The minimum absolute atomic E-state index is 0.292.